The molecule has 0 spiro atoms. The van der Waals surface area contributed by atoms with Crippen molar-refractivity contribution >= 4 is 5.57 Å². The average molecular weight is 144 g/mol. The number of nitrogens with zero attached hydrogens (tertiary/aromatic N) is 2. The van der Waals surface area contributed by atoms with Crippen LogP contribution >= 0.6 is 0 Å². The van der Waals surface area contributed by atoms with E-state index in [4.69, 9.17) is 5.26 Å². The van der Waals surface area contributed by atoms with Crippen LogP contribution in [0.15, 0.2) is 30.6 Å². The van der Waals surface area contributed by atoms with Crippen LogP contribution in [-0.4, -0.2) is 4.98 Å². The van der Waals surface area contributed by atoms with Gasteiger partial charge in [0.05, 0.1) is 11.6 Å². The van der Waals surface area contributed by atoms with E-state index in [1.807, 2.05) is 19.1 Å². The lowest BCUT2D eigenvalue weighted by molar-refractivity contribution is 1.31. The molecule has 2 heteroatoms. The average Bonchev–Trinajstić information content (AvgIpc) is 2.09. The van der Waals surface area contributed by atoms with E-state index in [0.29, 0.717) is 5.57 Å². The minimum Gasteiger partial charge on any atom is -0.264 e. The van der Waals surface area contributed by atoms with Crippen molar-refractivity contribution in [3.05, 3.63) is 36.2 Å². The first kappa shape index (κ1) is 7.49. The highest BCUT2D eigenvalue weighted by Crippen LogP contribution is 2.09. The molecule has 0 bridgehead atoms. The van der Waals surface area contributed by atoms with Crippen LogP contribution in [0.2, 0.25) is 0 Å². The second kappa shape index (κ2) is 3.52. The Kier molecular flexibility index (Phi) is 2.40. The minimum absolute atomic E-state index is 0.665. The van der Waals surface area contributed by atoms with Gasteiger partial charge in [-0.2, -0.15) is 5.26 Å². The van der Waals surface area contributed by atoms with Crippen molar-refractivity contribution in [2.24, 2.45) is 0 Å². The molecule has 0 aromatic carbocycles. The first-order valence-corrected chi connectivity index (χ1v) is 3.35. The molecule has 1 rings (SSSR count). The number of hydrogen-bond donors (Lipinski definition) is 0. The fraction of sp³-hybridized carbons (Fsp3) is 0.111. The number of pyridine rings is 1. The molecule has 54 valence electrons. The Labute approximate surface area is 65.8 Å². The van der Waals surface area contributed by atoms with Gasteiger partial charge in [0.2, 0.25) is 0 Å². The van der Waals surface area contributed by atoms with Crippen LogP contribution in [0.4, 0.5) is 0 Å². The molecule has 1 heterocycles. The SMILES string of the molecule is C/C=C(\C#N)c1cccnc1. The zero-order valence-corrected chi connectivity index (χ0v) is 6.28. The van der Waals surface area contributed by atoms with Crippen molar-refractivity contribution in [3.63, 3.8) is 0 Å². The zero-order chi connectivity index (χ0) is 8.10. The summed E-state index contributed by atoms with van der Waals surface area (Å²) in [5.74, 6) is 0. The zero-order valence-electron chi connectivity index (χ0n) is 6.28. The lowest BCUT2D eigenvalue weighted by Gasteiger charge is -1.93. The van der Waals surface area contributed by atoms with E-state index in [2.05, 4.69) is 11.1 Å². The molecule has 0 unspecified atom stereocenters. The summed E-state index contributed by atoms with van der Waals surface area (Å²) in [6.07, 6.45) is 5.14. The van der Waals surface area contributed by atoms with E-state index in [1.54, 1.807) is 18.5 Å². The molecule has 0 N–H and O–H groups in total. The lowest BCUT2D eigenvalue weighted by atomic mass is 10.1. The number of rotatable bonds is 1. The summed E-state index contributed by atoms with van der Waals surface area (Å²) in [6.45, 7) is 1.84. The summed E-state index contributed by atoms with van der Waals surface area (Å²) in [5, 5.41) is 8.63. The molecule has 0 aliphatic carbocycles. The Morgan fingerprint density at radius 1 is 1.73 bits per heavy atom. The smallest absolute Gasteiger partial charge is 0.0995 e. The molecule has 0 amide bonds. The molecule has 0 aliphatic rings. The second-order valence-electron chi connectivity index (χ2n) is 2.06. The Balaban J connectivity index is 3.05. The van der Waals surface area contributed by atoms with Crippen molar-refractivity contribution in [2.75, 3.05) is 0 Å². The van der Waals surface area contributed by atoms with Gasteiger partial charge in [0, 0.05) is 18.0 Å². The third kappa shape index (κ3) is 1.65. The van der Waals surface area contributed by atoms with Gasteiger partial charge in [-0.1, -0.05) is 12.1 Å². The largest absolute Gasteiger partial charge is 0.264 e. The molecule has 1 aromatic heterocycles. The Morgan fingerprint density at radius 2 is 2.55 bits per heavy atom. The van der Waals surface area contributed by atoms with Crippen LogP contribution < -0.4 is 0 Å². The number of hydrogen-bond acceptors (Lipinski definition) is 2. The van der Waals surface area contributed by atoms with Crippen molar-refractivity contribution in [3.8, 4) is 6.07 Å². The molecule has 0 atom stereocenters. The topological polar surface area (TPSA) is 36.7 Å². The highest BCUT2D eigenvalue weighted by molar-refractivity contribution is 5.75. The standard InChI is InChI=1S/C9H8N2/c1-2-8(6-10)9-4-3-5-11-7-9/h2-5,7H,1H3/b8-2+. The molecule has 0 saturated heterocycles. The molecule has 1 aromatic rings. The minimum atomic E-state index is 0.665. The van der Waals surface area contributed by atoms with Crippen LogP contribution in [0.25, 0.3) is 5.57 Å². The quantitative estimate of drug-likeness (QED) is 0.565. The molecule has 2 nitrogen and oxygen atoms in total. The summed E-state index contributed by atoms with van der Waals surface area (Å²) in [7, 11) is 0. The fourth-order valence-electron chi connectivity index (χ4n) is 0.818. The number of nitriles is 1. The van der Waals surface area contributed by atoms with Crippen molar-refractivity contribution in [1.29, 1.82) is 5.26 Å². The van der Waals surface area contributed by atoms with Gasteiger partial charge in [-0.25, -0.2) is 0 Å². The number of aromatic nitrogens is 1. The monoisotopic (exact) mass is 144 g/mol. The van der Waals surface area contributed by atoms with E-state index in [1.165, 1.54) is 0 Å². The third-order valence-corrected chi connectivity index (χ3v) is 1.38. The Bertz CT molecular complexity index is 293. The molecular weight excluding hydrogens is 136 g/mol. The predicted molar refractivity (Wildman–Crippen MR) is 43.5 cm³/mol. The summed E-state index contributed by atoms with van der Waals surface area (Å²) >= 11 is 0. The van der Waals surface area contributed by atoms with Gasteiger partial charge in [-0.3, -0.25) is 4.98 Å². The van der Waals surface area contributed by atoms with Crippen LogP contribution in [0, 0.1) is 11.3 Å². The van der Waals surface area contributed by atoms with E-state index < -0.39 is 0 Å². The summed E-state index contributed by atoms with van der Waals surface area (Å²) in [4.78, 5) is 3.91. The van der Waals surface area contributed by atoms with E-state index in [-0.39, 0.29) is 0 Å². The maximum atomic E-state index is 8.63. The van der Waals surface area contributed by atoms with Gasteiger partial charge in [0.25, 0.3) is 0 Å². The third-order valence-electron chi connectivity index (χ3n) is 1.38. The van der Waals surface area contributed by atoms with Gasteiger partial charge in [-0.15, -0.1) is 0 Å². The highest BCUT2D eigenvalue weighted by Gasteiger charge is 1.95. The van der Waals surface area contributed by atoms with Crippen molar-refractivity contribution in [1.82, 2.24) is 4.98 Å². The van der Waals surface area contributed by atoms with Crippen LogP contribution in [0.5, 0.6) is 0 Å². The Morgan fingerprint density at radius 3 is 3.00 bits per heavy atom. The maximum absolute atomic E-state index is 8.63. The molecule has 0 aliphatic heterocycles. The van der Waals surface area contributed by atoms with Crippen molar-refractivity contribution < 1.29 is 0 Å². The maximum Gasteiger partial charge on any atom is 0.0995 e. The van der Waals surface area contributed by atoms with Gasteiger partial charge in [-0.05, 0) is 13.0 Å². The van der Waals surface area contributed by atoms with Crippen LogP contribution in [0.1, 0.15) is 12.5 Å². The van der Waals surface area contributed by atoms with E-state index in [0.717, 1.165) is 5.56 Å². The second-order valence-corrected chi connectivity index (χ2v) is 2.06. The molecule has 0 radical (unpaired) electrons. The fourth-order valence-corrected chi connectivity index (χ4v) is 0.818. The highest BCUT2D eigenvalue weighted by atomic mass is 14.6. The first-order chi connectivity index (χ1) is 5.38. The Hall–Kier alpha value is -1.62. The predicted octanol–water partition coefficient (Wildman–Crippen LogP) is 2.01. The van der Waals surface area contributed by atoms with Crippen molar-refractivity contribution in [2.45, 2.75) is 6.92 Å². The van der Waals surface area contributed by atoms with E-state index >= 15 is 0 Å². The normalized spacial score (nSPS) is 10.7. The molecule has 0 saturated carbocycles. The summed E-state index contributed by atoms with van der Waals surface area (Å²) in [6, 6.07) is 5.77. The van der Waals surface area contributed by atoms with Gasteiger partial charge < -0.3 is 0 Å². The first-order valence-electron chi connectivity index (χ1n) is 3.35. The molecule has 11 heavy (non-hydrogen) atoms. The lowest BCUT2D eigenvalue weighted by Crippen LogP contribution is -1.80. The van der Waals surface area contributed by atoms with Gasteiger partial charge in [0.1, 0.15) is 0 Å². The van der Waals surface area contributed by atoms with Crippen LogP contribution in [-0.2, 0) is 0 Å². The van der Waals surface area contributed by atoms with Gasteiger partial charge in [0.15, 0.2) is 0 Å². The van der Waals surface area contributed by atoms with Gasteiger partial charge >= 0.3 is 0 Å². The molecular formula is C9H8N2. The molecule has 0 fully saturated rings. The summed E-state index contributed by atoms with van der Waals surface area (Å²) < 4.78 is 0. The van der Waals surface area contributed by atoms with E-state index in [9.17, 15) is 0 Å². The number of allylic oxidation sites excluding steroid dienone is 2. The summed E-state index contributed by atoms with van der Waals surface area (Å²) in [5.41, 5.74) is 1.54. The van der Waals surface area contributed by atoms with Crippen LogP contribution in [0.3, 0.4) is 0 Å².